The van der Waals surface area contributed by atoms with E-state index >= 15 is 0 Å². The van der Waals surface area contributed by atoms with Gasteiger partial charge in [-0.05, 0) is 42.7 Å². The molecule has 0 spiro atoms. The van der Waals surface area contributed by atoms with Gasteiger partial charge >= 0.3 is 18.0 Å². The van der Waals surface area contributed by atoms with E-state index in [1.807, 2.05) is 20.8 Å². The lowest BCUT2D eigenvalue weighted by Gasteiger charge is -2.68. The lowest BCUT2D eigenvalue weighted by molar-refractivity contribution is -0.313. The fourth-order valence-electron chi connectivity index (χ4n) is 9.32. The summed E-state index contributed by atoms with van der Waals surface area (Å²) >= 11 is 0. The van der Waals surface area contributed by atoms with Crippen molar-refractivity contribution in [1.29, 1.82) is 0 Å². The molecular weight excluding hydrogens is 726 g/mol. The standard InChI is InChI=1S/C39H47NO12.C2H6.CH4O/c1-20-23(51-34(46)29(43)27(40-35(47)49-6)21-13-9-7-10-14-21)18-39(48)32(52-33(45)22-15-11-8-12-16-22)30-37(4)19-50-25(37)17-24(41)38(30,5)31(44)28(42)26(20)36(39,2)3;2*1-2/h7-16,23-25,27-30,32,41-43,48H,17-19H2,1-6H3,(H,40,47);1-2H3;2H,1H3/t23-,24-,25+,27-,28+,29+,30+,32-,37+,38+,39+;;/m0../s1. The molecule has 11 atom stereocenters. The number of ether oxygens (including phenoxy) is 4. The summed E-state index contributed by atoms with van der Waals surface area (Å²) in [6.45, 7) is 12.3. The van der Waals surface area contributed by atoms with Gasteiger partial charge in [-0.25, -0.2) is 14.4 Å². The molecule has 308 valence electrons. The molecule has 14 nitrogen and oxygen atoms in total. The Bertz CT molecular complexity index is 1770. The molecular formula is C42H57NO13. The Labute approximate surface area is 327 Å². The van der Waals surface area contributed by atoms with Crippen molar-refractivity contribution < 1.29 is 63.7 Å². The summed E-state index contributed by atoms with van der Waals surface area (Å²) in [4.78, 5) is 54.7. The number of hydrogen-bond donors (Lipinski definition) is 6. The van der Waals surface area contributed by atoms with Crippen LogP contribution in [0.25, 0.3) is 0 Å². The normalized spacial score (nSPS) is 33.6. The summed E-state index contributed by atoms with van der Waals surface area (Å²) in [5, 5.41) is 57.8. The first-order valence-corrected chi connectivity index (χ1v) is 18.9. The Morgan fingerprint density at radius 2 is 1.50 bits per heavy atom. The zero-order valence-electron chi connectivity index (χ0n) is 33.5. The quantitative estimate of drug-likeness (QED) is 0.135. The molecule has 2 saturated carbocycles. The van der Waals surface area contributed by atoms with Gasteiger partial charge in [0.1, 0.15) is 23.9 Å². The minimum absolute atomic E-state index is 0.0376. The van der Waals surface area contributed by atoms with Gasteiger partial charge < -0.3 is 49.8 Å². The van der Waals surface area contributed by atoms with Gasteiger partial charge in [0.05, 0.1) is 42.9 Å². The van der Waals surface area contributed by atoms with Crippen LogP contribution in [0.1, 0.15) is 83.3 Å². The summed E-state index contributed by atoms with van der Waals surface area (Å²) in [5.41, 5.74) is -5.39. The molecule has 1 amide bonds. The second-order valence-electron chi connectivity index (χ2n) is 15.5. The molecule has 14 heteroatoms. The van der Waals surface area contributed by atoms with Gasteiger partial charge in [-0.2, -0.15) is 0 Å². The highest BCUT2D eigenvalue weighted by Gasteiger charge is 2.75. The van der Waals surface area contributed by atoms with Crippen LogP contribution in [-0.4, -0.2) is 112 Å². The number of nitrogens with one attached hydrogen (secondary N) is 1. The third-order valence-corrected chi connectivity index (χ3v) is 12.5. The number of benzene rings is 2. The number of carbonyl (C=O) groups is 4. The maximum atomic E-state index is 14.7. The number of fused-ring (bicyclic) bond motifs is 5. The first-order chi connectivity index (χ1) is 26.4. The molecule has 1 heterocycles. The van der Waals surface area contributed by atoms with Gasteiger partial charge in [-0.1, -0.05) is 83.1 Å². The predicted molar refractivity (Wildman–Crippen MR) is 203 cm³/mol. The number of amides is 1. The van der Waals surface area contributed by atoms with Crippen molar-refractivity contribution >= 4 is 23.8 Å². The fraction of sp³-hybridized carbons (Fsp3) is 0.571. The van der Waals surface area contributed by atoms with Gasteiger partial charge in [-0.3, -0.25) is 4.79 Å². The Morgan fingerprint density at radius 3 is 2.04 bits per heavy atom. The second kappa shape index (κ2) is 17.1. The number of alkyl carbamates (subject to hydrolysis) is 1. The summed E-state index contributed by atoms with van der Waals surface area (Å²) in [6.07, 6.45) is -9.76. The van der Waals surface area contributed by atoms with Gasteiger partial charge in [0, 0.05) is 36.7 Å². The van der Waals surface area contributed by atoms with E-state index in [1.165, 1.54) is 6.92 Å². The maximum absolute atomic E-state index is 14.7. The largest absolute Gasteiger partial charge is 0.456 e. The van der Waals surface area contributed by atoms with Crippen LogP contribution in [0, 0.1) is 22.2 Å². The number of Topliss-reactive ketones (excluding diaryl/α,β-unsaturated/α-hetero) is 1. The van der Waals surface area contributed by atoms with E-state index in [0.717, 1.165) is 14.2 Å². The summed E-state index contributed by atoms with van der Waals surface area (Å²) in [5.74, 6) is -3.78. The van der Waals surface area contributed by atoms with E-state index in [9.17, 15) is 39.6 Å². The lowest BCUT2D eigenvalue weighted by Crippen LogP contribution is -2.77. The number of carbonyl (C=O) groups excluding carboxylic acids is 4. The first-order valence-electron chi connectivity index (χ1n) is 18.9. The van der Waals surface area contributed by atoms with E-state index in [1.54, 1.807) is 81.4 Å². The van der Waals surface area contributed by atoms with Crippen molar-refractivity contribution in [3.63, 3.8) is 0 Å². The SMILES string of the molecule is CC.CO.COC(=O)N[C@@H](c1ccccc1)[C@@H](O)C(=O)O[C@H]1C[C@@]2(O)[C@@H](OC(=O)c3ccccc3)[C@@H]3[C@]4(C)CO[C@@H]4C[C@H](O)[C@@]3(C)C(=O)[C@H](O)C(=C1C)C2(C)C. The van der Waals surface area contributed by atoms with Crippen LogP contribution >= 0.6 is 0 Å². The van der Waals surface area contributed by atoms with Crippen LogP contribution in [0.15, 0.2) is 71.8 Å². The topological polar surface area (TPSA) is 218 Å². The molecule has 0 unspecified atom stereocenters. The Morgan fingerprint density at radius 1 is 0.929 bits per heavy atom. The molecule has 4 aliphatic rings. The van der Waals surface area contributed by atoms with Gasteiger partial charge in [-0.15, -0.1) is 0 Å². The van der Waals surface area contributed by atoms with E-state index in [4.69, 9.17) is 24.1 Å². The minimum atomic E-state index is -2.14. The molecule has 2 bridgehead atoms. The van der Waals surface area contributed by atoms with E-state index in [2.05, 4.69) is 5.32 Å². The van der Waals surface area contributed by atoms with Crippen molar-refractivity contribution in [3.05, 3.63) is 82.9 Å². The summed E-state index contributed by atoms with van der Waals surface area (Å²) in [7, 11) is 2.13. The van der Waals surface area contributed by atoms with E-state index in [0.29, 0.717) is 5.56 Å². The average Bonchev–Trinajstić information content (AvgIpc) is 3.20. The highest BCUT2D eigenvalue weighted by molar-refractivity contribution is 5.94. The van der Waals surface area contributed by atoms with Crippen molar-refractivity contribution in [2.24, 2.45) is 22.2 Å². The van der Waals surface area contributed by atoms with Crippen LogP contribution in [0.3, 0.4) is 0 Å². The maximum Gasteiger partial charge on any atom is 0.407 e. The van der Waals surface area contributed by atoms with Crippen LogP contribution in [0.5, 0.6) is 0 Å². The average molecular weight is 784 g/mol. The minimum Gasteiger partial charge on any atom is -0.456 e. The number of aliphatic hydroxyl groups excluding tert-OH is 4. The fourth-order valence-corrected chi connectivity index (χ4v) is 9.32. The number of rotatable bonds is 7. The number of aliphatic hydroxyl groups is 5. The molecule has 1 aliphatic heterocycles. The molecule has 6 N–H and O–H groups in total. The zero-order chi connectivity index (χ0) is 42.0. The second-order valence-corrected chi connectivity index (χ2v) is 15.5. The van der Waals surface area contributed by atoms with Crippen molar-refractivity contribution in [2.75, 3.05) is 20.8 Å². The zero-order valence-corrected chi connectivity index (χ0v) is 33.5. The molecule has 0 aromatic heterocycles. The summed E-state index contributed by atoms with van der Waals surface area (Å²) < 4.78 is 22.9. The molecule has 3 aliphatic carbocycles. The van der Waals surface area contributed by atoms with Gasteiger partial charge in [0.2, 0.25) is 0 Å². The number of hydrogen-bond acceptors (Lipinski definition) is 13. The lowest BCUT2D eigenvalue weighted by atomic mass is 9.42. The first kappa shape index (κ1) is 44.5. The van der Waals surface area contributed by atoms with Crippen LogP contribution in [0.2, 0.25) is 0 Å². The van der Waals surface area contributed by atoms with Crippen LogP contribution in [0.4, 0.5) is 4.79 Å². The number of methoxy groups -OCH3 is 1. The molecule has 3 fully saturated rings. The monoisotopic (exact) mass is 783 g/mol. The van der Waals surface area contributed by atoms with Crippen molar-refractivity contribution in [2.45, 2.75) is 110 Å². The molecule has 2 aromatic carbocycles. The van der Waals surface area contributed by atoms with Crippen molar-refractivity contribution in [1.82, 2.24) is 5.32 Å². The predicted octanol–water partition coefficient (Wildman–Crippen LogP) is 3.43. The van der Waals surface area contributed by atoms with E-state index in [-0.39, 0.29) is 36.2 Å². The Balaban J connectivity index is 0.00000169. The highest BCUT2D eigenvalue weighted by atomic mass is 16.6. The smallest absolute Gasteiger partial charge is 0.407 e. The van der Waals surface area contributed by atoms with Crippen LogP contribution in [-0.2, 0) is 28.5 Å². The third kappa shape index (κ3) is 7.27. The highest BCUT2D eigenvalue weighted by Crippen LogP contribution is 2.65. The number of ketones is 1. The number of esters is 2. The molecule has 6 rings (SSSR count). The van der Waals surface area contributed by atoms with Gasteiger partial charge in [0.15, 0.2) is 11.9 Å². The Hall–Kier alpha value is -4.18. The Kier molecular flexibility index (Phi) is 13.6. The summed E-state index contributed by atoms with van der Waals surface area (Å²) in [6, 6.07) is 15.1. The molecule has 56 heavy (non-hydrogen) atoms. The molecule has 2 aromatic rings. The van der Waals surface area contributed by atoms with Gasteiger partial charge in [0.25, 0.3) is 0 Å². The molecule has 0 radical (unpaired) electrons. The van der Waals surface area contributed by atoms with Crippen LogP contribution < -0.4 is 5.32 Å². The third-order valence-electron chi connectivity index (χ3n) is 12.5. The molecule has 1 saturated heterocycles. The van der Waals surface area contributed by atoms with E-state index < -0.39 is 94.2 Å². The van der Waals surface area contributed by atoms with Crippen molar-refractivity contribution in [3.8, 4) is 0 Å².